The van der Waals surface area contributed by atoms with Gasteiger partial charge in [0.25, 0.3) is 0 Å². The van der Waals surface area contributed by atoms with Crippen LogP contribution in [0.3, 0.4) is 0 Å². The van der Waals surface area contributed by atoms with Crippen molar-refractivity contribution in [3.8, 4) is 5.75 Å². The summed E-state index contributed by atoms with van der Waals surface area (Å²) in [5.74, 6) is 2.25. The van der Waals surface area contributed by atoms with Crippen LogP contribution in [-0.4, -0.2) is 66.0 Å². The van der Waals surface area contributed by atoms with E-state index in [0.29, 0.717) is 5.92 Å². The number of hydrogen-bond donors (Lipinski definition) is 0. The van der Waals surface area contributed by atoms with E-state index in [2.05, 4.69) is 46.3 Å². The summed E-state index contributed by atoms with van der Waals surface area (Å²) in [6.07, 6.45) is 4.42. The van der Waals surface area contributed by atoms with Crippen LogP contribution in [0.25, 0.3) is 5.65 Å². The van der Waals surface area contributed by atoms with Crippen molar-refractivity contribution in [1.29, 1.82) is 0 Å². The lowest BCUT2D eigenvalue weighted by Gasteiger charge is -2.31. The summed E-state index contributed by atoms with van der Waals surface area (Å²) in [5, 5.41) is 4.86. The van der Waals surface area contributed by atoms with Crippen LogP contribution in [-0.2, 0) is 11.3 Å². The number of rotatable bonds is 5. The summed E-state index contributed by atoms with van der Waals surface area (Å²) in [6.45, 7) is 6.45. The molecule has 5 rings (SSSR count). The lowest BCUT2D eigenvalue weighted by molar-refractivity contribution is 0.122. The molecular formula is C23H29N5O2. The van der Waals surface area contributed by atoms with Gasteiger partial charge in [0, 0.05) is 32.1 Å². The molecule has 2 fully saturated rings. The minimum Gasteiger partial charge on any atom is -0.497 e. The van der Waals surface area contributed by atoms with Crippen molar-refractivity contribution < 1.29 is 9.47 Å². The first-order chi connectivity index (χ1) is 14.8. The van der Waals surface area contributed by atoms with Gasteiger partial charge >= 0.3 is 0 Å². The highest BCUT2D eigenvalue weighted by atomic mass is 16.5. The number of fused-ring (bicyclic) bond motifs is 1. The van der Waals surface area contributed by atoms with Crippen molar-refractivity contribution in [2.45, 2.75) is 25.3 Å². The van der Waals surface area contributed by atoms with E-state index in [1.54, 1.807) is 7.11 Å². The van der Waals surface area contributed by atoms with E-state index in [4.69, 9.17) is 19.6 Å². The number of hydrogen-bond acceptors (Lipinski definition) is 6. The zero-order chi connectivity index (χ0) is 20.3. The SMILES string of the molecule is COc1cccc(CN2CCCC(c3nc4ccc(N5CCOCC5)cn4n3)C2)c1. The highest BCUT2D eigenvalue weighted by Crippen LogP contribution is 2.27. The van der Waals surface area contributed by atoms with Crippen molar-refractivity contribution >= 4 is 11.3 Å². The van der Waals surface area contributed by atoms with Crippen molar-refractivity contribution in [3.05, 3.63) is 54.0 Å². The zero-order valence-electron chi connectivity index (χ0n) is 17.5. The average Bonchev–Trinajstić information content (AvgIpc) is 3.23. The maximum Gasteiger partial charge on any atom is 0.156 e. The first-order valence-electron chi connectivity index (χ1n) is 10.8. The van der Waals surface area contributed by atoms with E-state index in [1.165, 1.54) is 17.7 Å². The predicted octanol–water partition coefficient (Wildman–Crippen LogP) is 2.95. The molecule has 2 aliphatic heterocycles. The number of methoxy groups -OCH3 is 1. The molecule has 4 heterocycles. The third kappa shape index (κ3) is 4.13. The summed E-state index contributed by atoms with van der Waals surface area (Å²) >= 11 is 0. The fourth-order valence-corrected chi connectivity index (χ4v) is 4.51. The molecule has 7 nitrogen and oxygen atoms in total. The van der Waals surface area contributed by atoms with Crippen molar-refractivity contribution in [3.63, 3.8) is 0 Å². The van der Waals surface area contributed by atoms with Crippen LogP contribution < -0.4 is 9.64 Å². The second-order valence-corrected chi connectivity index (χ2v) is 8.19. The molecule has 1 unspecified atom stereocenters. The van der Waals surface area contributed by atoms with E-state index >= 15 is 0 Å². The van der Waals surface area contributed by atoms with Crippen LogP contribution >= 0.6 is 0 Å². The highest BCUT2D eigenvalue weighted by Gasteiger charge is 2.25. The van der Waals surface area contributed by atoms with Gasteiger partial charge in [-0.3, -0.25) is 4.90 Å². The molecule has 30 heavy (non-hydrogen) atoms. The van der Waals surface area contributed by atoms with Gasteiger partial charge < -0.3 is 14.4 Å². The van der Waals surface area contributed by atoms with Crippen molar-refractivity contribution in [1.82, 2.24) is 19.5 Å². The van der Waals surface area contributed by atoms with Gasteiger partial charge in [-0.05, 0) is 49.2 Å². The van der Waals surface area contributed by atoms with Gasteiger partial charge in [0.05, 0.1) is 32.2 Å². The first-order valence-corrected chi connectivity index (χ1v) is 10.8. The number of likely N-dealkylation sites (tertiary alicyclic amines) is 1. The maximum atomic E-state index is 5.47. The summed E-state index contributed by atoms with van der Waals surface area (Å²) in [6, 6.07) is 12.6. The molecule has 0 bridgehead atoms. The Kier molecular flexibility index (Phi) is 5.55. The first kappa shape index (κ1) is 19.3. The smallest absolute Gasteiger partial charge is 0.156 e. The van der Waals surface area contributed by atoms with Gasteiger partial charge in [-0.15, -0.1) is 0 Å². The fraction of sp³-hybridized carbons (Fsp3) is 0.478. The van der Waals surface area contributed by atoms with Crippen LogP contribution in [0.15, 0.2) is 42.6 Å². The lowest BCUT2D eigenvalue weighted by atomic mass is 9.97. The number of benzene rings is 1. The highest BCUT2D eigenvalue weighted by molar-refractivity contribution is 5.51. The van der Waals surface area contributed by atoms with Crippen molar-refractivity contribution in [2.24, 2.45) is 0 Å². The molecule has 1 aromatic carbocycles. The molecule has 0 amide bonds. The van der Waals surface area contributed by atoms with Crippen LogP contribution in [0.5, 0.6) is 5.75 Å². The van der Waals surface area contributed by atoms with E-state index < -0.39 is 0 Å². The lowest BCUT2D eigenvalue weighted by Crippen LogP contribution is -2.36. The minimum atomic E-state index is 0.371. The summed E-state index contributed by atoms with van der Waals surface area (Å²) in [5.41, 5.74) is 3.39. The monoisotopic (exact) mass is 407 g/mol. The molecule has 2 saturated heterocycles. The quantitative estimate of drug-likeness (QED) is 0.648. The molecule has 3 aromatic rings. The fourth-order valence-electron chi connectivity index (χ4n) is 4.51. The van der Waals surface area contributed by atoms with Crippen LogP contribution in [0, 0.1) is 0 Å². The molecule has 0 N–H and O–H groups in total. The topological polar surface area (TPSA) is 55.1 Å². The normalized spacial score (nSPS) is 20.6. The average molecular weight is 408 g/mol. The van der Waals surface area contributed by atoms with Gasteiger partial charge in [0.1, 0.15) is 5.75 Å². The van der Waals surface area contributed by atoms with Crippen LogP contribution in [0.1, 0.15) is 30.1 Å². The van der Waals surface area contributed by atoms with Gasteiger partial charge in [0.2, 0.25) is 0 Å². The second kappa shape index (κ2) is 8.62. The van der Waals surface area contributed by atoms with E-state index in [1.807, 2.05) is 10.6 Å². The summed E-state index contributed by atoms with van der Waals surface area (Å²) in [4.78, 5) is 9.71. The number of ether oxygens (including phenoxy) is 2. The third-order valence-electron chi connectivity index (χ3n) is 6.12. The molecule has 2 aromatic heterocycles. The number of morpholine rings is 1. The Labute approximate surface area is 177 Å². The molecule has 0 radical (unpaired) electrons. The molecule has 1 atom stereocenters. The van der Waals surface area contributed by atoms with E-state index in [0.717, 1.165) is 69.6 Å². The number of aromatic nitrogens is 3. The predicted molar refractivity (Wildman–Crippen MR) is 116 cm³/mol. The molecule has 2 aliphatic rings. The Morgan fingerprint density at radius 3 is 2.90 bits per heavy atom. The minimum absolute atomic E-state index is 0.371. The van der Waals surface area contributed by atoms with Crippen LogP contribution in [0.2, 0.25) is 0 Å². The zero-order valence-corrected chi connectivity index (χ0v) is 17.5. The Morgan fingerprint density at radius 2 is 2.03 bits per heavy atom. The van der Waals surface area contributed by atoms with Crippen LogP contribution in [0.4, 0.5) is 5.69 Å². The Balaban J connectivity index is 1.30. The Morgan fingerprint density at radius 1 is 1.13 bits per heavy atom. The largest absolute Gasteiger partial charge is 0.497 e. The second-order valence-electron chi connectivity index (χ2n) is 8.19. The Hall–Kier alpha value is -2.64. The molecule has 7 heteroatoms. The third-order valence-corrected chi connectivity index (χ3v) is 6.12. The van der Waals surface area contributed by atoms with E-state index in [-0.39, 0.29) is 0 Å². The maximum absolute atomic E-state index is 5.47. The summed E-state index contributed by atoms with van der Waals surface area (Å²) < 4.78 is 12.8. The van der Waals surface area contributed by atoms with Gasteiger partial charge in [-0.25, -0.2) is 9.50 Å². The number of anilines is 1. The summed E-state index contributed by atoms with van der Waals surface area (Å²) in [7, 11) is 1.72. The van der Waals surface area contributed by atoms with Gasteiger partial charge in [0.15, 0.2) is 11.5 Å². The number of piperidine rings is 1. The Bertz CT molecular complexity index is 998. The molecule has 158 valence electrons. The molecule has 0 aliphatic carbocycles. The van der Waals surface area contributed by atoms with Gasteiger partial charge in [-0.2, -0.15) is 5.10 Å². The molecule has 0 spiro atoms. The van der Waals surface area contributed by atoms with Gasteiger partial charge in [-0.1, -0.05) is 12.1 Å². The number of pyridine rings is 1. The van der Waals surface area contributed by atoms with E-state index in [9.17, 15) is 0 Å². The van der Waals surface area contributed by atoms with Crippen molar-refractivity contribution in [2.75, 3.05) is 51.4 Å². The molecule has 0 saturated carbocycles. The number of nitrogens with zero attached hydrogens (tertiary/aromatic N) is 5. The molecular weight excluding hydrogens is 378 g/mol. The standard InChI is InChI=1S/C23H29N5O2/c1-29-21-6-2-4-18(14-21)15-26-9-3-5-19(16-26)23-24-22-8-7-20(17-28(22)25-23)27-10-12-30-13-11-27/h2,4,6-8,14,17,19H,3,5,9-13,15-16H2,1H3.